The number of rotatable bonds is 5. The lowest BCUT2D eigenvalue weighted by atomic mass is 10.1. The van der Waals surface area contributed by atoms with Crippen molar-refractivity contribution < 1.29 is 4.79 Å². The van der Waals surface area contributed by atoms with Crippen molar-refractivity contribution in [3.63, 3.8) is 0 Å². The predicted octanol–water partition coefficient (Wildman–Crippen LogP) is 4.93. The predicted molar refractivity (Wildman–Crippen MR) is 121 cm³/mol. The summed E-state index contributed by atoms with van der Waals surface area (Å²) in [5.74, 6) is 1.26. The fourth-order valence-corrected chi connectivity index (χ4v) is 3.90. The Morgan fingerprint density at radius 1 is 1.03 bits per heavy atom. The molecule has 1 amide bonds. The number of hydrogen-bond acceptors (Lipinski definition) is 4. The second-order valence-electron chi connectivity index (χ2n) is 7.95. The lowest BCUT2D eigenvalue weighted by molar-refractivity contribution is 0.0939. The van der Waals surface area contributed by atoms with Crippen molar-refractivity contribution in [3.05, 3.63) is 77.5 Å². The molecule has 30 heavy (non-hydrogen) atoms. The third kappa shape index (κ3) is 4.51. The molecule has 0 bridgehead atoms. The van der Waals surface area contributed by atoms with Gasteiger partial charge in [0.1, 0.15) is 11.4 Å². The van der Waals surface area contributed by atoms with Crippen molar-refractivity contribution in [2.45, 2.75) is 39.2 Å². The van der Waals surface area contributed by atoms with Crippen LogP contribution in [-0.4, -0.2) is 29.0 Å². The van der Waals surface area contributed by atoms with Crippen LogP contribution in [0.1, 0.15) is 53.7 Å². The van der Waals surface area contributed by atoms with Crippen LogP contribution < -0.4 is 10.2 Å². The van der Waals surface area contributed by atoms with Crippen LogP contribution in [0, 0.1) is 6.92 Å². The van der Waals surface area contributed by atoms with E-state index >= 15 is 0 Å². The monoisotopic (exact) mass is 400 g/mol. The molecule has 1 fully saturated rings. The van der Waals surface area contributed by atoms with Gasteiger partial charge in [-0.25, -0.2) is 9.97 Å². The van der Waals surface area contributed by atoms with Crippen molar-refractivity contribution in [3.8, 4) is 11.4 Å². The maximum absolute atomic E-state index is 13.2. The number of piperidine rings is 1. The number of aryl methyl sites for hydroxylation is 1. The first-order valence-electron chi connectivity index (χ1n) is 10.7. The molecule has 4 rings (SSSR count). The molecule has 3 aromatic rings. The van der Waals surface area contributed by atoms with E-state index in [9.17, 15) is 4.79 Å². The van der Waals surface area contributed by atoms with E-state index in [-0.39, 0.29) is 11.9 Å². The Bertz CT molecular complexity index is 1010. The SMILES string of the molecule is Cc1cccc(-c2ncc(C(=O)NC(C)c3ccccc3)c(N3CCCCC3)n2)c1. The van der Waals surface area contributed by atoms with Crippen LogP contribution in [0.2, 0.25) is 0 Å². The summed E-state index contributed by atoms with van der Waals surface area (Å²) in [7, 11) is 0. The van der Waals surface area contributed by atoms with Gasteiger partial charge in [0.2, 0.25) is 0 Å². The molecule has 0 radical (unpaired) electrons. The third-order valence-electron chi connectivity index (χ3n) is 5.59. The Hall–Kier alpha value is -3.21. The molecular weight excluding hydrogens is 372 g/mol. The normalized spacial score (nSPS) is 14.9. The van der Waals surface area contributed by atoms with Gasteiger partial charge < -0.3 is 10.2 Å². The van der Waals surface area contributed by atoms with Crippen molar-refractivity contribution in [2.75, 3.05) is 18.0 Å². The molecule has 1 aliphatic heterocycles. The number of anilines is 1. The summed E-state index contributed by atoms with van der Waals surface area (Å²) in [6, 6.07) is 18.1. The number of carbonyl (C=O) groups is 1. The van der Waals surface area contributed by atoms with E-state index in [4.69, 9.17) is 4.98 Å². The molecule has 1 atom stereocenters. The second-order valence-corrected chi connectivity index (χ2v) is 7.95. The average Bonchev–Trinajstić information content (AvgIpc) is 2.80. The van der Waals surface area contributed by atoms with Crippen LogP contribution in [0.25, 0.3) is 11.4 Å². The van der Waals surface area contributed by atoms with Crippen LogP contribution in [0.5, 0.6) is 0 Å². The minimum atomic E-state index is -0.136. The highest BCUT2D eigenvalue weighted by atomic mass is 16.1. The molecule has 5 nitrogen and oxygen atoms in total. The van der Waals surface area contributed by atoms with E-state index in [0.29, 0.717) is 11.4 Å². The molecule has 1 N–H and O–H groups in total. The first-order chi connectivity index (χ1) is 14.6. The highest BCUT2D eigenvalue weighted by molar-refractivity contribution is 5.99. The molecule has 1 unspecified atom stereocenters. The van der Waals surface area contributed by atoms with Gasteiger partial charge in [-0.05, 0) is 44.7 Å². The first-order valence-corrected chi connectivity index (χ1v) is 10.7. The summed E-state index contributed by atoms with van der Waals surface area (Å²) in [6.45, 7) is 5.88. The Balaban J connectivity index is 1.66. The molecule has 154 valence electrons. The van der Waals surface area contributed by atoms with Crippen molar-refractivity contribution in [1.29, 1.82) is 0 Å². The smallest absolute Gasteiger partial charge is 0.257 e. The van der Waals surface area contributed by atoms with Gasteiger partial charge in [0.05, 0.1) is 6.04 Å². The summed E-state index contributed by atoms with van der Waals surface area (Å²) in [4.78, 5) is 24.8. The van der Waals surface area contributed by atoms with Crippen molar-refractivity contribution in [1.82, 2.24) is 15.3 Å². The molecule has 2 aromatic carbocycles. The van der Waals surface area contributed by atoms with Crippen LogP contribution in [0.3, 0.4) is 0 Å². The standard InChI is InChI=1S/C25H28N4O/c1-18-10-9-13-21(16-18)23-26-17-22(24(28-23)29-14-7-4-8-15-29)25(30)27-19(2)20-11-5-3-6-12-20/h3,5-6,9-13,16-17,19H,4,7-8,14-15H2,1-2H3,(H,27,30). The molecule has 2 heterocycles. The van der Waals surface area contributed by atoms with Crippen LogP contribution in [0.4, 0.5) is 5.82 Å². The summed E-state index contributed by atoms with van der Waals surface area (Å²) >= 11 is 0. The largest absolute Gasteiger partial charge is 0.356 e. The highest BCUT2D eigenvalue weighted by Crippen LogP contribution is 2.26. The van der Waals surface area contributed by atoms with Gasteiger partial charge in [0, 0.05) is 24.8 Å². The Labute approximate surface area is 178 Å². The van der Waals surface area contributed by atoms with Gasteiger partial charge in [-0.1, -0.05) is 54.1 Å². The zero-order chi connectivity index (χ0) is 20.9. The van der Waals surface area contributed by atoms with Gasteiger partial charge in [0.25, 0.3) is 5.91 Å². The molecule has 1 saturated heterocycles. The van der Waals surface area contributed by atoms with E-state index in [0.717, 1.165) is 48.4 Å². The van der Waals surface area contributed by atoms with E-state index in [1.54, 1.807) is 6.20 Å². The average molecular weight is 401 g/mol. The van der Waals surface area contributed by atoms with Crippen LogP contribution >= 0.6 is 0 Å². The Morgan fingerprint density at radius 3 is 2.53 bits per heavy atom. The van der Waals surface area contributed by atoms with E-state index in [1.165, 1.54) is 6.42 Å². The maximum atomic E-state index is 13.2. The Kier molecular flexibility index (Phi) is 6.07. The lowest BCUT2D eigenvalue weighted by Gasteiger charge is -2.29. The second kappa shape index (κ2) is 9.08. The van der Waals surface area contributed by atoms with Crippen molar-refractivity contribution >= 4 is 11.7 Å². The Morgan fingerprint density at radius 2 is 1.80 bits per heavy atom. The zero-order valence-corrected chi connectivity index (χ0v) is 17.6. The minimum Gasteiger partial charge on any atom is -0.356 e. The molecular formula is C25H28N4O. The summed E-state index contributed by atoms with van der Waals surface area (Å²) in [5, 5.41) is 3.11. The number of benzene rings is 2. The summed E-state index contributed by atoms with van der Waals surface area (Å²) < 4.78 is 0. The van der Waals surface area contributed by atoms with Gasteiger partial charge in [-0.15, -0.1) is 0 Å². The summed E-state index contributed by atoms with van der Waals surface area (Å²) in [5.41, 5.74) is 3.74. The lowest BCUT2D eigenvalue weighted by Crippen LogP contribution is -2.34. The number of carbonyl (C=O) groups excluding carboxylic acids is 1. The van der Waals surface area contributed by atoms with E-state index in [1.807, 2.05) is 49.4 Å². The fraction of sp³-hybridized carbons (Fsp3) is 0.320. The fourth-order valence-electron chi connectivity index (χ4n) is 3.90. The maximum Gasteiger partial charge on any atom is 0.257 e. The van der Waals surface area contributed by atoms with E-state index in [2.05, 4.69) is 34.3 Å². The zero-order valence-electron chi connectivity index (χ0n) is 17.6. The first kappa shape index (κ1) is 20.1. The topological polar surface area (TPSA) is 58.1 Å². The third-order valence-corrected chi connectivity index (χ3v) is 5.59. The molecule has 1 aromatic heterocycles. The molecule has 1 aliphatic rings. The summed E-state index contributed by atoms with van der Waals surface area (Å²) in [6.07, 6.45) is 5.14. The molecule has 5 heteroatoms. The number of hydrogen-bond donors (Lipinski definition) is 1. The van der Waals surface area contributed by atoms with Gasteiger partial charge in [-0.2, -0.15) is 0 Å². The number of nitrogens with one attached hydrogen (secondary N) is 1. The number of nitrogens with zero attached hydrogens (tertiary/aromatic N) is 3. The van der Waals surface area contributed by atoms with Crippen LogP contribution in [-0.2, 0) is 0 Å². The quantitative estimate of drug-likeness (QED) is 0.659. The van der Waals surface area contributed by atoms with E-state index < -0.39 is 0 Å². The number of amides is 1. The molecule has 0 spiro atoms. The molecule has 0 saturated carbocycles. The minimum absolute atomic E-state index is 0.0932. The highest BCUT2D eigenvalue weighted by Gasteiger charge is 2.23. The van der Waals surface area contributed by atoms with Crippen molar-refractivity contribution in [2.24, 2.45) is 0 Å². The van der Waals surface area contributed by atoms with Gasteiger partial charge >= 0.3 is 0 Å². The van der Waals surface area contributed by atoms with Gasteiger partial charge in [0.15, 0.2) is 5.82 Å². The van der Waals surface area contributed by atoms with Gasteiger partial charge in [-0.3, -0.25) is 4.79 Å². The number of aromatic nitrogens is 2. The molecule has 0 aliphatic carbocycles. The van der Waals surface area contributed by atoms with Crippen LogP contribution in [0.15, 0.2) is 60.8 Å².